The summed E-state index contributed by atoms with van der Waals surface area (Å²) in [6, 6.07) is 15.9. The van der Waals surface area contributed by atoms with E-state index in [0.717, 1.165) is 16.3 Å². The standard InChI is InChI=1S/C8H7FO.C6H5Br/c9-8-3-1-7(2-4-8)5-6-10;7-6-4-2-1-3-5-6/h1-4,6H,5H2;1-5H. The third kappa shape index (κ3) is 5.97. The van der Waals surface area contributed by atoms with Crippen LogP contribution in [0, 0.1) is 5.82 Å². The summed E-state index contributed by atoms with van der Waals surface area (Å²) < 4.78 is 13.4. The lowest BCUT2D eigenvalue weighted by molar-refractivity contribution is -0.107. The Balaban J connectivity index is 0.000000181. The quantitative estimate of drug-likeness (QED) is 0.765. The normalized spacial score (nSPS) is 9.06. The minimum atomic E-state index is -0.269. The molecule has 17 heavy (non-hydrogen) atoms. The zero-order valence-electron chi connectivity index (χ0n) is 9.14. The first-order valence-electron chi connectivity index (χ1n) is 5.11. The third-order valence-corrected chi connectivity index (χ3v) is 2.49. The van der Waals surface area contributed by atoms with Crippen LogP contribution < -0.4 is 0 Å². The average molecular weight is 295 g/mol. The summed E-state index contributed by atoms with van der Waals surface area (Å²) in [5.74, 6) is -0.269. The van der Waals surface area contributed by atoms with Gasteiger partial charge >= 0.3 is 0 Å². The first-order valence-corrected chi connectivity index (χ1v) is 5.90. The number of hydrogen-bond donors (Lipinski definition) is 0. The Morgan fingerprint density at radius 1 is 1.00 bits per heavy atom. The lowest BCUT2D eigenvalue weighted by Gasteiger charge is -1.91. The third-order valence-electron chi connectivity index (χ3n) is 1.97. The molecule has 2 rings (SSSR count). The highest BCUT2D eigenvalue weighted by molar-refractivity contribution is 9.10. The highest BCUT2D eigenvalue weighted by Gasteiger charge is 1.90. The van der Waals surface area contributed by atoms with E-state index in [4.69, 9.17) is 0 Å². The molecule has 0 saturated carbocycles. The largest absolute Gasteiger partial charge is 0.303 e. The van der Waals surface area contributed by atoms with E-state index in [9.17, 15) is 9.18 Å². The first kappa shape index (κ1) is 13.6. The van der Waals surface area contributed by atoms with E-state index in [0.29, 0.717) is 6.42 Å². The molecule has 88 valence electrons. The molecule has 1 nitrogen and oxygen atoms in total. The summed E-state index contributed by atoms with van der Waals surface area (Å²) in [7, 11) is 0. The molecule has 0 atom stereocenters. The number of benzene rings is 2. The van der Waals surface area contributed by atoms with Crippen molar-refractivity contribution in [2.45, 2.75) is 6.42 Å². The summed E-state index contributed by atoms with van der Waals surface area (Å²) in [5.41, 5.74) is 0.844. The summed E-state index contributed by atoms with van der Waals surface area (Å²) in [6.07, 6.45) is 1.16. The highest BCUT2D eigenvalue weighted by atomic mass is 79.9. The molecular formula is C14H12BrFO. The van der Waals surface area contributed by atoms with Gasteiger partial charge in [0.25, 0.3) is 0 Å². The molecule has 0 aliphatic rings. The van der Waals surface area contributed by atoms with Gasteiger partial charge in [-0.2, -0.15) is 0 Å². The molecule has 0 aliphatic carbocycles. The monoisotopic (exact) mass is 294 g/mol. The van der Waals surface area contributed by atoms with Crippen LogP contribution in [0.5, 0.6) is 0 Å². The van der Waals surface area contributed by atoms with E-state index in [1.165, 1.54) is 12.1 Å². The van der Waals surface area contributed by atoms with Crippen LogP contribution in [0.15, 0.2) is 59.1 Å². The Labute approximate surface area is 108 Å². The minimum absolute atomic E-state index is 0.269. The van der Waals surface area contributed by atoms with Gasteiger partial charge in [0.1, 0.15) is 12.1 Å². The van der Waals surface area contributed by atoms with Gasteiger partial charge in [0.05, 0.1) is 0 Å². The van der Waals surface area contributed by atoms with Crippen molar-refractivity contribution < 1.29 is 9.18 Å². The van der Waals surface area contributed by atoms with Gasteiger partial charge in [-0.3, -0.25) is 0 Å². The van der Waals surface area contributed by atoms with Crippen LogP contribution in [-0.2, 0) is 11.2 Å². The van der Waals surface area contributed by atoms with E-state index in [-0.39, 0.29) is 5.82 Å². The summed E-state index contributed by atoms with van der Waals surface area (Å²) in [5, 5.41) is 0. The maximum atomic E-state index is 12.2. The van der Waals surface area contributed by atoms with E-state index < -0.39 is 0 Å². The second-order valence-electron chi connectivity index (χ2n) is 3.29. The van der Waals surface area contributed by atoms with Gasteiger partial charge in [0.15, 0.2) is 0 Å². The van der Waals surface area contributed by atoms with Crippen LogP contribution in [0.2, 0.25) is 0 Å². The lowest BCUT2D eigenvalue weighted by atomic mass is 10.2. The minimum Gasteiger partial charge on any atom is -0.303 e. The van der Waals surface area contributed by atoms with E-state index in [1.54, 1.807) is 12.1 Å². The summed E-state index contributed by atoms with van der Waals surface area (Å²) >= 11 is 3.31. The number of hydrogen-bond acceptors (Lipinski definition) is 1. The van der Waals surface area contributed by atoms with Gasteiger partial charge in [0, 0.05) is 10.9 Å². The first-order chi connectivity index (χ1) is 8.22. The predicted octanol–water partition coefficient (Wildman–Crippen LogP) is 4.02. The molecule has 0 saturated heterocycles. The smallest absolute Gasteiger partial charge is 0.124 e. The molecule has 0 amide bonds. The van der Waals surface area contributed by atoms with Crippen LogP contribution in [0.3, 0.4) is 0 Å². The van der Waals surface area contributed by atoms with Crippen molar-refractivity contribution in [3.05, 3.63) is 70.5 Å². The number of halogens is 2. The molecular weight excluding hydrogens is 283 g/mol. The SMILES string of the molecule is Brc1ccccc1.O=CCc1ccc(F)cc1. The van der Waals surface area contributed by atoms with Gasteiger partial charge in [-0.15, -0.1) is 0 Å². The Hall–Kier alpha value is -1.48. The number of carbonyl (C=O) groups is 1. The van der Waals surface area contributed by atoms with E-state index >= 15 is 0 Å². The molecule has 0 N–H and O–H groups in total. The molecule has 2 aromatic carbocycles. The van der Waals surface area contributed by atoms with Gasteiger partial charge in [-0.05, 0) is 29.8 Å². The molecule has 0 aliphatic heterocycles. The van der Waals surface area contributed by atoms with Gasteiger partial charge in [0.2, 0.25) is 0 Å². The zero-order valence-corrected chi connectivity index (χ0v) is 10.7. The number of rotatable bonds is 2. The zero-order chi connectivity index (χ0) is 12.5. The molecule has 0 radical (unpaired) electrons. The van der Waals surface area contributed by atoms with Crippen molar-refractivity contribution in [3.63, 3.8) is 0 Å². The fourth-order valence-electron chi connectivity index (χ4n) is 1.13. The summed E-state index contributed by atoms with van der Waals surface area (Å²) in [6.45, 7) is 0. The van der Waals surface area contributed by atoms with Crippen LogP contribution in [0.4, 0.5) is 4.39 Å². The Morgan fingerprint density at radius 2 is 1.59 bits per heavy atom. The van der Waals surface area contributed by atoms with Crippen LogP contribution in [0.1, 0.15) is 5.56 Å². The van der Waals surface area contributed by atoms with E-state index in [1.807, 2.05) is 30.3 Å². The van der Waals surface area contributed by atoms with Crippen molar-refractivity contribution in [1.29, 1.82) is 0 Å². The molecule has 0 unspecified atom stereocenters. The fraction of sp³-hybridized carbons (Fsp3) is 0.0714. The average Bonchev–Trinajstić information content (AvgIpc) is 2.34. The molecule has 0 fully saturated rings. The van der Waals surface area contributed by atoms with Crippen molar-refractivity contribution in [3.8, 4) is 0 Å². The summed E-state index contributed by atoms with van der Waals surface area (Å²) in [4.78, 5) is 9.97. The van der Waals surface area contributed by atoms with Gasteiger partial charge in [-0.1, -0.05) is 46.3 Å². The van der Waals surface area contributed by atoms with E-state index in [2.05, 4.69) is 15.9 Å². The fourth-order valence-corrected chi connectivity index (χ4v) is 1.44. The van der Waals surface area contributed by atoms with Gasteiger partial charge < -0.3 is 4.79 Å². The Kier molecular flexibility index (Phi) is 6.18. The van der Waals surface area contributed by atoms with Gasteiger partial charge in [-0.25, -0.2) is 4.39 Å². The van der Waals surface area contributed by atoms with Crippen LogP contribution >= 0.6 is 15.9 Å². The van der Waals surface area contributed by atoms with Crippen molar-refractivity contribution >= 4 is 22.2 Å². The molecule has 0 heterocycles. The van der Waals surface area contributed by atoms with Crippen LogP contribution in [0.25, 0.3) is 0 Å². The maximum Gasteiger partial charge on any atom is 0.124 e. The predicted molar refractivity (Wildman–Crippen MR) is 70.3 cm³/mol. The van der Waals surface area contributed by atoms with Crippen molar-refractivity contribution in [1.82, 2.24) is 0 Å². The number of carbonyl (C=O) groups excluding carboxylic acids is 1. The lowest BCUT2D eigenvalue weighted by Crippen LogP contribution is -1.84. The van der Waals surface area contributed by atoms with Crippen LogP contribution in [-0.4, -0.2) is 6.29 Å². The Morgan fingerprint density at radius 3 is 2.00 bits per heavy atom. The van der Waals surface area contributed by atoms with Crippen molar-refractivity contribution in [2.24, 2.45) is 0 Å². The second-order valence-corrected chi connectivity index (χ2v) is 4.21. The van der Waals surface area contributed by atoms with Crippen molar-refractivity contribution in [2.75, 3.05) is 0 Å². The molecule has 2 aromatic rings. The molecule has 0 bridgehead atoms. The molecule has 0 aromatic heterocycles. The number of aldehydes is 1. The highest BCUT2D eigenvalue weighted by Crippen LogP contribution is 2.05. The molecule has 0 spiro atoms. The molecule has 3 heteroatoms. The maximum absolute atomic E-state index is 12.2. The Bertz CT molecular complexity index is 440. The second kappa shape index (κ2) is 7.74. The topological polar surface area (TPSA) is 17.1 Å².